The molecule has 6 N–H and O–H groups in total. The highest BCUT2D eigenvalue weighted by Gasteiger charge is 2.51. The van der Waals surface area contributed by atoms with E-state index >= 15 is 0 Å². The molecule has 2 aromatic carbocycles. The highest BCUT2D eigenvalue weighted by Crippen LogP contribution is 2.27. The van der Waals surface area contributed by atoms with Gasteiger partial charge in [-0.15, -0.1) is 24.8 Å². The number of likely N-dealkylation sites (N-methyl/N-ethyl adjacent to an activating group) is 4. The largest absolute Gasteiger partial charge is 0.504 e. The van der Waals surface area contributed by atoms with Crippen molar-refractivity contribution in [2.45, 2.75) is 37.3 Å². The molecule has 6 rings (SSSR count). The molecule has 0 radical (unpaired) electrons. The number of aliphatic hydroxyl groups is 2. The first-order valence-electron chi connectivity index (χ1n) is 17.0. The van der Waals surface area contributed by atoms with Gasteiger partial charge in [0.15, 0.2) is 11.5 Å². The number of imide groups is 2. The molecule has 2 fully saturated rings. The van der Waals surface area contributed by atoms with Crippen LogP contribution in [0, 0.1) is 0 Å². The number of hydrogen-bond acceptors (Lipinski definition) is 12. The van der Waals surface area contributed by atoms with Crippen molar-refractivity contribution in [3.8, 4) is 11.5 Å². The van der Waals surface area contributed by atoms with Gasteiger partial charge in [0.05, 0.1) is 25.3 Å². The van der Waals surface area contributed by atoms with E-state index in [0.717, 1.165) is 15.4 Å². The van der Waals surface area contributed by atoms with Crippen LogP contribution in [0.2, 0.25) is 0 Å². The maximum Gasteiger partial charge on any atom is 0.333 e. The van der Waals surface area contributed by atoms with Crippen LogP contribution >= 0.6 is 24.8 Å². The molecule has 0 bridgehead atoms. The van der Waals surface area contributed by atoms with Gasteiger partial charge in [0.25, 0.3) is 48.2 Å². The van der Waals surface area contributed by atoms with Gasteiger partial charge in [0.2, 0.25) is 0 Å². The summed E-state index contributed by atoms with van der Waals surface area (Å²) in [5, 5.41) is 45.7. The fourth-order valence-corrected chi connectivity index (χ4v) is 6.24. The molecule has 55 heavy (non-hydrogen) atoms. The topological polar surface area (TPSA) is 217 Å². The molecule has 4 heterocycles. The van der Waals surface area contributed by atoms with E-state index in [-0.39, 0.29) is 66.7 Å². The zero-order valence-electron chi connectivity index (χ0n) is 31.0. The summed E-state index contributed by atoms with van der Waals surface area (Å²) in [6.45, 7) is 4.15. The van der Waals surface area contributed by atoms with E-state index in [9.17, 15) is 39.6 Å². The Morgan fingerprint density at radius 3 is 1.73 bits per heavy atom. The summed E-state index contributed by atoms with van der Waals surface area (Å²) in [5.74, 6) is -0.285. The van der Waals surface area contributed by atoms with Crippen LogP contribution in [0.3, 0.4) is 0 Å². The molecular weight excluding hydrogens is 759 g/mol. The number of rotatable bonds is 12. The first-order valence-corrected chi connectivity index (χ1v) is 17.0. The minimum Gasteiger partial charge on any atom is -0.504 e. The second-order valence-electron chi connectivity index (χ2n) is 13.0. The number of benzene rings is 2. The number of aliphatic hydroxyl groups excluding tert-OH is 2. The number of fused-ring (bicyclic) bond motifs is 2. The highest BCUT2D eigenvalue weighted by molar-refractivity contribution is 6.22. The number of aromatic hydroxyl groups is 2. The normalized spacial score (nSPS) is 20.5. The van der Waals surface area contributed by atoms with Gasteiger partial charge >= 0.3 is 12.1 Å². The number of aliphatic imine (C=N–C) groups is 2. The van der Waals surface area contributed by atoms with E-state index in [1.54, 1.807) is 25.0 Å². The molecule has 4 aliphatic rings. The van der Waals surface area contributed by atoms with Crippen molar-refractivity contribution >= 4 is 73.0 Å². The molecule has 0 spiro atoms. The molecule has 4 aliphatic heterocycles. The van der Waals surface area contributed by atoms with E-state index in [0.29, 0.717) is 43.4 Å². The molecular formula is C35H48Cl2N10O8+2. The standard InChI is InChI=1S/C18H24N5O3.C17H21N5O5.2ClH/c1-12(15(24)13-7-5-4-6-8-13)19-9-10-23-11-20-16-14(23)17(25)22(3)18(26)21(16)2;1-20-15-14(16(26)21(2)17(20)27)22(9-19-15)6-5-18-8-13(25)10-3-4-11(23)12(24)7-10;;/h4-8,11-12,14-15,19,24H,9-10H2,1-3H3;3-4,7,9,13-14,18,25H,5-6,8H2,1-2H3,(H-,23,24);2*1H/q+1;;;/p+1/t12-,14?,15-;;;/m0.../s1. The van der Waals surface area contributed by atoms with Gasteiger partial charge in [0.1, 0.15) is 0 Å². The van der Waals surface area contributed by atoms with E-state index in [1.807, 2.05) is 41.8 Å². The zero-order chi connectivity index (χ0) is 38.6. The third-order valence-electron chi connectivity index (χ3n) is 9.51. The summed E-state index contributed by atoms with van der Waals surface area (Å²) >= 11 is 0. The van der Waals surface area contributed by atoms with Gasteiger partial charge in [-0.25, -0.2) is 18.7 Å². The number of amidine groups is 2. The number of phenols is 2. The summed E-state index contributed by atoms with van der Waals surface area (Å²) in [6, 6.07) is 11.5. The van der Waals surface area contributed by atoms with Crippen LogP contribution in [0.1, 0.15) is 30.3 Å². The van der Waals surface area contributed by atoms with Gasteiger partial charge < -0.3 is 31.1 Å². The lowest BCUT2D eigenvalue weighted by atomic mass is 10.0. The Morgan fingerprint density at radius 2 is 1.22 bits per heavy atom. The van der Waals surface area contributed by atoms with Crippen LogP contribution in [0.4, 0.5) is 9.59 Å². The summed E-state index contributed by atoms with van der Waals surface area (Å²) in [7, 11) is 6.11. The molecule has 0 aliphatic carbocycles. The SMILES string of the molecule is CN1C(=O)C2C(=NC=[N+]2CCNCC(O)c2ccc(O)c(O)c2)N(C)C1=O.C[C@H](NCC[N+]1=CN=C2C1C(=O)N(C)C(=O)N2C)[C@H](O)c1ccccc1.Cl.Cl. The molecule has 20 heteroatoms. The molecule has 0 aromatic heterocycles. The molecule has 2 saturated heterocycles. The van der Waals surface area contributed by atoms with Crippen molar-refractivity contribution in [2.75, 3.05) is 60.9 Å². The second-order valence-corrected chi connectivity index (χ2v) is 13.0. The van der Waals surface area contributed by atoms with Gasteiger partial charge in [0, 0.05) is 53.9 Å². The molecule has 5 atom stereocenters. The lowest BCUT2D eigenvalue weighted by Gasteiger charge is -2.30. The fourth-order valence-electron chi connectivity index (χ4n) is 6.24. The molecule has 18 nitrogen and oxygen atoms in total. The third kappa shape index (κ3) is 9.46. The summed E-state index contributed by atoms with van der Waals surface area (Å²) in [6.07, 6.45) is 1.66. The van der Waals surface area contributed by atoms with E-state index in [1.165, 1.54) is 48.4 Å². The van der Waals surface area contributed by atoms with Crippen LogP contribution in [-0.2, 0) is 9.59 Å². The molecule has 298 valence electrons. The fraction of sp³-hybridized carbons (Fsp3) is 0.429. The highest BCUT2D eigenvalue weighted by atomic mass is 35.5. The number of carbonyl (C=O) groups is 4. The van der Waals surface area contributed by atoms with Crippen molar-refractivity contribution in [1.29, 1.82) is 0 Å². The zero-order valence-corrected chi connectivity index (χ0v) is 32.6. The Balaban J connectivity index is 0.000000285. The number of phenolic OH excluding ortho intramolecular Hbond substituents is 2. The number of nitrogens with one attached hydrogen (secondary N) is 2. The van der Waals surface area contributed by atoms with E-state index < -0.39 is 30.3 Å². The predicted molar refractivity (Wildman–Crippen MR) is 208 cm³/mol. The average Bonchev–Trinajstić information content (AvgIpc) is 3.79. The van der Waals surface area contributed by atoms with Crippen LogP contribution in [-0.4, -0.2) is 176 Å². The number of hydrogen-bond donors (Lipinski definition) is 6. The maximum absolute atomic E-state index is 12.4. The number of halogens is 2. The van der Waals surface area contributed by atoms with Gasteiger partial charge in [-0.2, -0.15) is 0 Å². The van der Waals surface area contributed by atoms with Crippen molar-refractivity contribution in [1.82, 2.24) is 30.2 Å². The Hall–Kier alpha value is -4.98. The van der Waals surface area contributed by atoms with Crippen molar-refractivity contribution in [3.63, 3.8) is 0 Å². The van der Waals surface area contributed by atoms with Gasteiger partial charge in [-0.1, -0.05) is 36.4 Å². The second kappa shape index (κ2) is 19.1. The van der Waals surface area contributed by atoms with E-state index in [4.69, 9.17) is 0 Å². The lowest BCUT2D eigenvalue weighted by Crippen LogP contribution is -2.61. The minimum absolute atomic E-state index is 0. The Labute approximate surface area is 330 Å². The Kier molecular flexibility index (Phi) is 15.4. The number of nitrogens with zero attached hydrogens (tertiary/aromatic N) is 8. The van der Waals surface area contributed by atoms with Crippen LogP contribution in [0.25, 0.3) is 0 Å². The first-order chi connectivity index (χ1) is 25.2. The Bertz CT molecular complexity index is 1880. The first kappa shape index (κ1) is 44.4. The Morgan fingerprint density at radius 1 is 0.709 bits per heavy atom. The van der Waals surface area contributed by atoms with Crippen molar-refractivity contribution in [2.24, 2.45) is 9.98 Å². The summed E-state index contributed by atoms with van der Waals surface area (Å²) in [5.41, 5.74) is 1.33. The predicted octanol–water partition coefficient (Wildman–Crippen LogP) is -0.0469. The van der Waals surface area contributed by atoms with Gasteiger partial charge in [-0.3, -0.25) is 29.2 Å². The molecule has 2 aromatic rings. The molecule has 3 unspecified atom stereocenters. The number of carbonyl (C=O) groups excluding carboxylic acids is 4. The average molecular weight is 808 g/mol. The third-order valence-corrected chi connectivity index (χ3v) is 9.51. The van der Waals surface area contributed by atoms with Crippen LogP contribution < -0.4 is 10.6 Å². The lowest BCUT2D eigenvalue weighted by molar-refractivity contribution is -0.529. The van der Waals surface area contributed by atoms with Gasteiger partial charge in [-0.05, 0) is 40.2 Å². The van der Waals surface area contributed by atoms with Crippen LogP contribution in [0.15, 0.2) is 58.5 Å². The smallest absolute Gasteiger partial charge is 0.333 e. The number of urea groups is 2. The summed E-state index contributed by atoms with van der Waals surface area (Å²) < 4.78 is 3.55. The van der Waals surface area contributed by atoms with Crippen molar-refractivity contribution < 1.29 is 48.8 Å². The quantitative estimate of drug-likeness (QED) is 0.0956. The van der Waals surface area contributed by atoms with E-state index in [2.05, 4.69) is 20.6 Å². The van der Waals surface area contributed by atoms with Crippen LogP contribution in [0.5, 0.6) is 11.5 Å². The number of amides is 6. The molecule has 0 saturated carbocycles. The molecule has 6 amide bonds. The van der Waals surface area contributed by atoms with Crippen molar-refractivity contribution in [3.05, 3.63) is 59.7 Å². The minimum atomic E-state index is -0.864. The maximum atomic E-state index is 12.4. The monoisotopic (exact) mass is 806 g/mol. The summed E-state index contributed by atoms with van der Waals surface area (Å²) in [4.78, 5) is 62.1.